The molecule has 3 aromatic carbocycles. The Hall–Kier alpha value is -3.54. The molecule has 0 aliphatic carbocycles. The third kappa shape index (κ3) is 6.43. The third-order valence-electron chi connectivity index (χ3n) is 7.21. The molecular weight excluding hydrogens is 545 g/mol. The van der Waals surface area contributed by atoms with Crippen LogP contribution in [-0.4, -0.2) is 54.6 Å². The highest BCUT2D eigenvalue weighted by molar-refractivity contribution is 6.37. The lowest BCUT2D eigenvalue weighted by atomic mass is 10.1. The van der Waals surface area contributed by atoms with Crippen molar-refractivity contribution in [1.29, 1.82) is 5.26 Å². The van der Waals surface area contributed by atoms with Crippen molar-refractivity contribution >= 4 is 45.5 Å². The summed E-state index contributed by atoms with van der Waals surface area (Å²) in [6.07, 6.45) is 1.54. The van der Waals surface area contributed by atoms with E-state index in [1.165, 1.54) is 18.9 Å². The number of ether oxygens (including phenoxy) is 2. The number of methoxy groups -OCH3 is 1. The van der Waals surface area contributed by atoms with E-state index in [-0.39, 0.29) is 0 Å². The van der Waals surface area contributed by atoms with E-state index >= 15 is 0 Å². The van der Waals surface area contributed by atoms with Gasteiger partial charge in [0, 0.05) is 56.4 Å². The molecule has 7 nitrogen and oxygen atoms in total. The van der Waals surface area contributed by atoms with E-state index in [1.54, 1.807) is 12.1 Å². The first kappa shape index (κ1) is 28.0. The quantitative estimate of drug-likeness (QED) is 0.233. The Kier molecular flexibility index (Phi) is 8.93. The predicted molar refractivity (Wildman–Crippen MR) is 161 cm³/mol. The highest BCUT2D eigenvalue weighted by Crippen LogP contribution is 2.38. The minimum absolute atomic E-state index is 0.387. The summed E-state index contributed by atoms with van der Waals surface area (Å²) in [4.78, 5) is 9.49. The maximum absolute atomic E-state index is 9.73. The Bertz CT molecular complexity index is 1530. The molecule has 9 heteroatoms. The lowest BCUT2D eigenvalue weighted by Gasteiger charge is -2.34. The van der Waals surface area contributed by atoms with Crippen LogP contribution in [0.3, 0.4) is 0 Å². The van der Waals surface area contributed by atoms with Crippen molar-refractivity contribution in [1.82, 2.24) is 14.8 Å². The molecule has 1 aliphatic heterocycles. The fraction of sp³-hybridized carbons (Fsp3) is 0.290. The van der Waals surface area contributed by atoms with Gasteiger partial charge in [0.2, 0.25) is 0 Å². The van der Waals surface area contributed by atoms with Crippen LogP contribution in [0.25, 0.3) is 10.9 Å². The maximum Gasteiger partial charge on any atom is 0.139 e. The van der Waals surface area contributed by atoms with Crippen LogP contribution in [0.1, 0.15) is 23.6 Å². The van der Waals surface area contributed by atoms with E-state index in [9.17, 15) is 5.26 Å². The summed E-state index contributed by atoms with van der Waals surface area (Å²) in [6.45, 7) is 9.28. The third-order valence-corrected chi connectivity index (χ3v) is 7.82. The van der Waals surface area contributed by atoms with E-state index in [2.05, 4.69) is 57.4 Å². The second-order valence-electron chi connectivity index (χ2n) is 9.74. The van der Waals surface area contributed by atoms with Crippen molar-refractivity contribution in [2.45, 2.75) is 20.1 Å². The molecule has 0 saturated carbocycles. The summed E-state index contributed by atoms with van der Waals surface area (Å²) in [6, 6.07) is 19.8. The van der Waals surface area contributed by atoms with E-state index in [1.807, 2.05) is 18.2 Å². The van der Waals surface area contributed by atoms with Crippen LogP contribution in [0.4, 0.5) is 11.4 Å². The summed E-state index contributed by atoms with van der Waals surface area (Å²) in [7, 11) is 1.53. The Morgan fingerprint density at radius 3 is 2.38 bits per heavy atom. The van der Waals surface area contributed by atoms with Crippen molar-refractivity contribution in [3.63, 3.8) is 0 Å². The summed E-state index contributed by atoms with van der Waals surface area (Å²) >= 11 is 12.6. The zero-order valence-corrected chi connectivity index (χ0v) is 24.1. The van der Waals surface area contributed by atoms with Gasteiger partial charge in [0.15, 0.2) is 0 Å². The van der Waals surface area contributed by atoms with Crippen molar-refractivity contribution < 1.29 is 9.47 Å². The van der Waals surface area contributed by atoms with Gasteiger partial charge in [-0.2, -0.15) is 5.26 Å². The highest BCUT2D eigenvalue weighted by atomic mass is 35.5. The molecule has 1 fully saturated rings. The first-order valence-electron chi connectivity index (χ1n) is 13.3. The number of aromatic nitrogens is 1. The fourth-order valence-corrected chi connectivity index (χ4v) is 5.34. The van der Waals surface area contributed by atoms with Gasteiger partial charge in [-0.25, -0.2) is 0 Å². The summed E-state index contributed by atoms with van der Waals surface area (Å²) < 4.78 is 11.4. The van der Waals surface area contributed by atoms with Gasteiger partial charge >= 0.3 is 0 Å². The van der Waals surface area contributed by atoms with Crippen LogP contribution in [-0.2, 0) is 13.2 Å². The molecule has 1 saturated heterocycles. The van der Waals surface area contributed by atoms with Gasteiger partial charge in [-0.05, 0) is 35.9 Å². The number of likely N-dealkylation sites (N-methyl/N-ethyl adjacent to an activating group) is 1. The minimum Gasteiger partial charge on any atom is -0.495 e. The van der Waals surface area contributed by atoms with Gasteiger partial charge in [-0.3, -0.25) is 9.88 Å². The average molecular weight is 577 g/mol. The van der Waals surface area contributed by atoms with Gasteiger partial charge < -0.3 is 19.7 Å². The number of nitriles is 1. The van der Waals surface area contributed by atoms with Crippen LogP contribution in [0.15, 0.2) is 60.8 Å². The zero-order chi connectivity index (χ0) is 28.1. The fourth-order valence-electron chi connectivity index (χ4n) is 4.83. The van der Waals surface area contributed by atoms with Gasteiger partial charge in [0.1, 0.15) is 24.2 Å². The minimum atomic E-state index is 0.387. The molecular formula is C31H31Cl2N5O2. The predicted octanol–water partition coefficient (Wildman–Crippen LogP) is 6.88. The lowest BCUT2D eigenvalue weighted by molar-refractivity contribution is 0.132. The average Bonchev–Trinajstić information content (AvgIpc) is 2.98. The monoisotopic (exact) mass is 575 g/mol. The largest absolute Gasteiger partial charge is 0.495 e. The van der Waals surface area contributed by atoms with Crippen LogP contribution in [0.2, 0.25) is 10.0 Å². The SMILES string of the molecule is CCN1CCN(Cc2ccc(COc3ccc4c(Nc5cc(OC)c(Cl)cc5Cl)c(C#N)cnc4c3)cc2)CC1. The molecule has 40 heavy (non-hydrogen) atoms. The first-order chi connectivity index (χ1) is 19.5. The number of nitrogens with one attached hydrogen (secondary N) is 1. The molecule has 0 radical (unpaired) electrons. The van der Waals surface area contributed by atoms with E-state index in [0.717, 1.165) is 50.2 Å². The Balaban J connectivity index is 1.27. The zero-order valence-electron chi connectivity index (χ0n) is 22.6. The lowest BCUT2D eigenvalue weighted by Crippen LogP contribution is -2.45. The molecule has 5 rings (SSSR count). The van der Waals surface area contributed by atoms with E-state index in [0.29, 0.717) is 50.6 Å². The number of halogens is 2. The van der Waals surface area contributed by atoms with E-state index < -0.39 is 0 Å². The smallest absolute Gasteiger partial charge is 0.139 e. The molecule has 1 N–H and O–H groups in total. The maximum atomic E-state index is 9.73. The Morgan fingerprint density at radius 1 is 0.950 bits per heavy atom. The van der Waals surface area contributed by atoms with Gasteiger partial charge in [0.25, 0.3) is 0 Å². The first-order valence-corrected chi connectivity index (χ1v) is 14.0. The number of benzene rings is 3. The standard InChI is InChI=1S/C31H31Cl2N5O2/c1-3-37-10-12-38(13-11-37)19-21-4-6-22(7-5-21)20-40-24-8-9-25-28(14-24)35-18-23(17-34)31(25)36-29-16-30(39-2)27(33)15-26(29)32/h4-9,14-16,18H,3,10-13,19-20H2,1-2H3,(H,35,36). The van der Waals surface area contributed by atoms with Crippen LogP contribution >= 0.6 is 23.2 Å². The second kappa shape index (κ2) is 12.8. The van der Waals surface area contributed by atoms with Gasteiger partial charge in [-0.1, -0.05) is 54.4 Å². The number of hydrogen-bond donors (Lipinski definition) is 1. The molecule has 0 bridgehead atoms. The molecule has 0 unspecified atom stereocenters. The van der Waals surface area contributed by atoms with Gasteiger partial charge in [-0.15, -0.1) is 0 Å². The van der Waals surface area contributed by atoms with E-state index in [4.69, 9.17) is 32.7 Å². The number of pyridine rings is 1. The van der Waals surface area contributed by atoms with Crippen LogP contribution in [0, 0.1) is 11.3 Å². The Morgan fingerprint density at radius 2 is 1.68 bits per heavy atom. The van der Waals surface area contributed by atoms with Crippen LogP contribution in [0.5, 0.6) is 11.5 Å². The number of fused-ring (bicyclic) bond motifs is 1. The highest BCUT2D eigenvalue weighted by Gasteiger charge is 2.16. The summed E-state index contributed by atoms with van der Waals surface area (Å²) in [5, 5.41) is 14.6. The topological polar surface area (TPSA) is 73.7 Å². The summed E-state index contributed by atoms with van der Waals surface area (Å²) in [5.41, 5.74) is 4.65. The normalized spacial score (nSPS) is 14.2. The van der Waals surface area contributed by atoms with Crippen molar-refractivity contribution in [2.24, 2.45) is 0 Å². The molecule has 0 atom stereocenters. The number of piperazine rings is 1. The molecule has 0 spiro atoms. The Labute approximate surface area is 244 Å². The molecule has 1 aliphatic rings. The van der Waals surface area contributed by atoms with Crippen molar-refractivity contribution in [3.8, 4) is 17.6 Å². The summed E-state index contributed by atoms with van der Waals surface area (Å²) in [5.74, 6) is 1.17. The second-order valence-corrected chi connectivity index (χ2v) is 10.6. The number of hydrogen-bond acceptors (Lipinski definition) is 7. The molecule has 206 valence electrons. The van der Waals surface area contributed by atoms with Crippen LogP contribution < -0.4 is 14.8 Å². The molecule has 2 heterocycles. The number of rotatable bonds is 9. The van der Waals surface area contributed by atoms with Crippen molar-refractivity contribution in [3.05, 3.63) is 87.5 Å². The molecule has 4 aromatic rings. The molecule has 1 aromatic heterocycles. The van der Waals surface area contributed by atoms with Crippen molar-refractivity contribution in [2.75, 3.05) is 45.2 Å². The van der Waals surface area contributed by atoms with Gasteiger partial charge in [0.05, 0.1) is 39.6 Å². The molecule has 0 amide bonds. The number of nitrogens with zero attached hydrogens (tertiary/aromatic N) is 4. The number of anilines is 2.